The van der Waals surface area contributed by atoms with Crippen LogP contribution in [0.4, 0.5) is 9.59 Å². The van der Waals surface area contributed by atoms with Crippen molar-refractivity contribution >= 4 is 23.1 Å². The molecule has 0 aliphatic rings. The summed E-state index contributed by atoms with van der Waals surface area (Å²) in [5, 5.41) is 8.03. The summed E-state index contributed by atoms with van der Waals surface area (Å²) in [6.45, 7) is 1.80. The van der Waals surface area contributed by atoms with E-state index in [0.717, 1.165) is 5.01 Å². The van der Waals surface area contributed by atoms with E-state index in [1.165, 1.54) is 0 Å². The molecule has 5 nitrogen and oxygen atoms in total. The molecule has 0 saturated heterocycles. The molecule has 0 bridgehead atoms. The Morgan fingerprint density at radius 3 is 2.30 bits per heavy atom. The van der Waals surface area contributed by atoms with Gasteiger partial charge in [-0.15, -0.1) is 0 Å². The number of hydrazine groups is 1. The van der Waals surface area contributed by atoms with E-state index in [9.17, 15) is 9.59 Å². The van der Waals surface area contributed by atoms with Gasteiger partial charge in [-0.2, -0.15) is 0 Å². The van der Waals surface area contributed by atoms with Gasteiger partial charge in [-0.1, -0.05) is 0 Å². The smallest absolute Gasteiger partial charge is 0.423 e. The van der Waals surface area contributed by atoms with Gasteiger partial charge in [0.15, 0.2) is 0 Å². The summed E-state index contributed by atoms with van der Waals surface area (Å²) in [7, 11) is 0. The number of hydrogen-bond donors (Lipinski definition) is 2. The third-order valence-corrected chi connectivity index (χ3v) is 0.963. The molecular formula is C4H7ClN2O3. The van der Waals surface area contributed by atoms with Crippen molar-refractivity contribution in [1.82, 2.24) is 10.4 Å². The van der Waals surface area contributed by atoms with Crippen LogP contribution in [0.25, 0.3) is 0 Å². The Morgan fingerprint density at radius 2 is 2.20 bits per heavy atom. The Morgan fingerprint density at radius 1 is 1.70 bits per heavy atom. The molecule has 0 atom stereocenters. The zero-order valence-electron chi connectivity index (χ0n) is 5.30. The molecule has 0 unspecified atom stereocenters. The van der Waals surface area contributed by atoms with E-state index in [0.29, 0.717) is 0 Å². The molecule has 0 saturated carbocycles. The van der Waals surface area contributed by atoms with Crippen molar-refractivity contribution in [2.24, 2.45) is 0 Å². The van der Waals surface area contributed by atoms with Gasteiger partial charge in [-0.3, -0.25) is 4.79 Å². The zero-order chi connectivity index (χ0) is 8.15. The van der Waals surface area contributed by atoms with Crippen LogP contribution in [0, 0.1) is 0 Å². The summed E-state index contributed by atoms with van der Waals surface area (Å²) in [6.07, 6.45) is -1.31. The second-order valence-corrected chi connectivity index (χ2v) is 1.74. The van der Waals surface area contributed by atoms with Gasteiger partial charge >= 0.3 is 11.5 Å². The fourth-order valence-electron chi connectivity index (χ4n) is 0.363. The molecule has 58 valence electrons. The molecule has 0 heterocycles. The lowest BCUT2D eigenvalue weighted by atomic mass is 10.7. The third kappa shape index (κ3) is 3.13. The van der Waals surface area contributed by atoms with Gasteiger partial charge in [0.25, 0.3) is 0 Å². The van der Waals surface area contributed by atoms with Crippen LogP contribution >= 0.6 is 11.6 Å². The van der Waals surface area contributed by atoms with E-state index in [-0.39, 0.29) is 6.54 Å². The first kappa shape index (κ1) is 9.03. The molecule has 0 rings (SSSR count). The summed E-state index contributed by atoms with van der Waals surface area (Å²) >= 11 is 4.95. The quantitative estimate of drug-likeness (QED) is 0.345. The fraction of sp³-hybridized carbons (Fsp3) is 0.500. The summed E-state index contributed by atoms with van der Waals surface area (Å²) < 4.78 is 0. The molecule has 0 aromatic rings. The maximum absolute atomic E-state index is 10.3. The van der Waals surface area contributed by atoms with Crippen LogP contribution in [0.3, 0.4) is 0 Å². The lowest BCUT2D eigenvalue weighted by Gasteiger charge is -2.14. The van der Waals surface area contributed by atoms with Crippen molar-refractivity contribution in [1.29, 1.82) is 0 Å². The first-order valence-corrected chi connectivity index (χ1v) is 2.92. The summed E-state index contributed by atoms with van der Waals surface area (Å²) in [6, 6.07) is 0. The third-order valence-electron chi connectivity index (χ3n) is 0.759. The molecule has 0 aromatic heterocycles. The van der Waals surface area contributed by atoms with Gasteiger partial charge in [-0.25, -0.2) is 15.2 Å². The number of carbonyl (C=O) groups excluding carboxylic acids is 1. The van der Waals surface area contributed by atoms with Crippen LogP contribution in [-0.2, 0) is 0 Å². The number of nitrogens with zero attached hydrogens (tertiary/aromatic N) is 1. The van der Waals surface area contributed by atoms with Crippen molar-refractivity contribution in [2.45, 2.75) is 6.92 Å². The number of hydrogen-bond acceptors (Lipinski definition) is 2. The maximum Gasteiger partial charge on any atom is 0.423 e. The lowest BCUT2D eigenvalue weighted by molar-refractivity contribution is 0.155. The number of amides is 2. The zero-order valence-corrected chi connectivity index (χ0v) is 6.05. The number of carbonyl (C=O) groups is 2. The average Bonchev–Trinajstić information content (AvgIpc) is 1.81. The van der Waals surface area contributed by atoms with E-state index in [2.05, 4.69) is 0 Å². The van der Waals surface area contributed by atoms with E-state index in [1.54, 1.807) is 12.3 Å². The van der Waals surface area contributed by atoms with Crippen molar-refractivity contribution in [3.63, 3.8) is 0 Å². The molecule has 2 N–H and O–H groups in total. The van der Waals surface area contributed by atoms with Crippen LogP contribution in [-0.4, -0.2) is 28.1 Å². The lowest BCUT2D eigenvalue weighted by Crippen LogP contribution is -2.42. The van der Waals surface area contributed by atoms with Crippen LogP contribution < -0.4 is 5.43 Å². The molecule has 2 amide bonds. The highest BCUT2D eigenvalue weighted by Gasteiger charge is 2.09. The predicted octanol–water partition coefficient (Wildman–Crippen LogP) is 0.850. The second kappa shape index (κ2) is 3.94. The van der Waals surface area contributed by atoms with Gasteiger partial charge in [0, 0.05) is 6.54 Å². The van der Waals surface area contributed by atoms with Gasteiger partial charge in [0.2, 0.25) is 0 Å². The second-order valence-electron chi connectivity index (χ2n) is 1.41. The Kier molecular flexibility index (Phi) is 3.56. The maximum atomic E-state index is 10.3. The van der Waals surface area contributed by atoms with Crippen molar-refractivity contribution in [3.8, 4) is 0 Å². The first-order valence-electron chi connectivity index (χ1n) is 2.54. The molecule has 0 spiro atoms. The summed E-state index contributed by atoms with van der Waals surface area (Å²) in [5.41, 5.74) is 1.80. The van der Waals surface area contributed by atoms with Gasteiger partial charge < -0.3 is 5.11 Å². The van der Waals surface area contributed by atoms with Crippen LogP contribution in [0.2, 0.25) is 0 Å². The highest BCUT2D eigenvalue weighted by molar-refractivity contribution is 6.62. The monoisotopic (exact) mass is 166 g/mol. The highest BCUT2D eigenvalue weighted by Crippen LogP contribution is 1.90. The number of carboxylic acid groups (broad SMARTS) is 1. The Labute approximate surface area is 62.5 Å². The fourth-order valence-corrected chi connectivity index (χ4v) is 0.525. The molecule has 0 aliphatic carbocycles. The normalized spacial score (nSPS) is 8.60. The highest BCUT2D eigenvalue weighted by atomic mass is 35.5. The van der Waals surface area contributed by atoms with Crippen molar-refractivity contribution in [2.75, 3.05) is 6.54 Å². The van der Waals surface area contributed by atoms with Crippen molar-refractivity contribution in [3.05, 3.63) is 0 Å². The number of rotatable bonds is 1. The topological polar surface area (TPSA) is 69.6 Å². The Hall–Kier alpha value is -0.970. The van der Waals surface area contributed by atoms with Crippen LogP contribution in [0.1, 0.15) is 6.92 Å². The molecule has 6 heteroatoms. The predicted molar refractivity (Wildman–Crippen MR) is 34.8 cm³/mol. The van der Waals surface area contributed by atoms with E-state index in [4.69, 9.17) is 16.7 Å². The minimum atomic E-state index is -1.31. The molecule has 10 heavy (non-hydrogen) atoms. The number of halogens is 1. The van der Waals surface area contributed by atoms with Gasteiger partial charge in [0.1, 0.15) is 0 Å². The molecular weight excluding hydrogens is 160 g/mol. The van der Waals surface area contributed by atoms with Gasteiger partial charge in [-0.05, 0) is 18.5 Å². The van der Waals surface area contributed by atoms with Crippen molar-refractivity contribution < 1.29 is 14.7 Å². The Bertz CT molecular complexity index is 149. The Balaban J connectivity index is 3.83. The standard InChI is InChI=1S/C4H7ClN2O3/c1-2-7(3(5)8)6-4(9)10/h6H,2H2,1H3,(H,9,10). The molecule has 0 aliphatic heterocycles. The molecule has 0 aromatic carbocycles. The summed E-state index contributed by atoms with van der Waals surface area (Å²) in [5.74, 6) is 0. The van der Waals surface area contributed by atoms with E-state index in [1.807, 2.05) is 0 Å². The minimum absolute atomic E-state index is 0.203. The van der Waals surface area contributed by atoms with E-state index < -0.39 is 11.5 Å². The van der Waals surface area contributed by atoms with Gasteiger partial charge in [0.05, 0.1) is 0 Å². The summed E-state index contributed by atoms with van der Waals surface area (Å²) in [4.78, 5) is 20.2. The minimum Gasteiger partial charge on any atom is -0.464 e. The average molecular weight is 167 g/mol. The van der Waals surface area contributed by atoms with Crippen LogP contribution in [0.15, 0.2) is 0 Å². The van der Waals surface area contributed by atoms with Crippen LogP contribution in [0.5, 0.6) is 0 Å². The molecule has 0 fully saturated rings. The largest absolute Gasteiger partial charge is 0.464 e. The first-order chi connectivity index (χ1) is 4.57. The SMILES string of the molecule is CCN(NC(=O)O)C(=O)Cl. The number of nitrogens with one attached hydrogen (secondary N) is 1. The molecule has 0 radical (unpaired) electrons. The van der Waals surface area contributed by atoms with E-state index >= 15 is 0 Å².